The summed E-state index contributed by atoms with van der Waals surface area (Å²) < 4.78 is 0. The highest BCUT2D eigenvalue weighted by atomic mass is 16.2. The second-order valence-corrected chi connectivity index (χ2v) is 7.91. The largest absolute Gasteiger partial charge is 0.355 e. The molecule has 2 aliphatic rings. The highest BCUT2D eigenvalue weighted by Crippen LogP contribution is 2.59. The molecule has 1 aromatic rings. The van der Waals surface area contributed by atoms with E-state index in [1.54, 1.807) is 12.3 Å². The molecule has 5 nitrogen and oxygen atoms in total. The molecule has 1 spiro atoms. The van der Waals surface area contributed by atoms with Crippen molar-refractivity contribution >= 4 is 11.8 Å². The minimum absolute atomic E-state index is 0.102. The van der Waals surface area contributed by atoms with Gasteiger partial charge in [-0.25, -0.2) is 0 Å². The zero-order chi connectivity index (χ0) is 18.6. The van der Waals surface area contributed by atoms with Gasteiger partial charge in [0.1, 0.15) is 0 Å². The molecule has 1 aliphatic heterocycles. The number of aromatic nitrogens is 1. The second kappa shape index (κ2) is 8.02. The first-order valence-corrected chi connectivity index (χ1v) is 9.65. The third kappa shape index (κ3) is 4.51. The molecule has 2 heterocycles. The number of rotatable bonds is 6. The van der Waals surface area contributed by atoms with Crippen molar-refractivity contribution in [1.29, 1.82) is 0 Å². The summed E-state index contributed by atoms with van der Waals surface area (Å²) >= 11 is 0. The van der Waals surface area contributed by atoms with Crippen LogP contribution in [0.4, 0.5) is 0 Å². The zero-order valence-electron chi connectivity index (χ0n) is 15.8. The van der Waals surface area contributed by atoms with Crippen molar-refractivity contribution < 1.29 is 9.59 Å². The Hall–Kier alpha value is -2.17. The minimum Gasteiger partial charge on any atom is -0.355 e. The summed E-state index contributed by atoms with van der Waals surface area (Å²) in [4.78, 5) is 30.8. The number of pyridine rings is 1. The van der Waals surface area contributed by atoms with E-state index in [1.807, 2.05) is 29.2 Å². The zero-order valence-corrected chi connectivity index (χ0v) is 15.8. The summed E-state index contributed by atoms with van der Waals surface area (Å²) in [5.74, 6) is 0.776. The maximum absolute atomic E-state index is 12.4. The van der Waals surface area contributed by atoms with Gasteiger partial charge in [0.25, 0.3) is 0 Å². The van der Waals surface area contributed by atoms with Gasteiger partial charge in [-0.1, -0.05) is 26.0 Å². The summed E-state index contributed by atoms with van der Waals surface area (Å²) in [6.07, 6.45) is 9.01. The molecule has 1 aliphatic carbocycles. The topological polar surface area (TPSA) is 62.3 Å². The molecule has 0 aromatic carbocycles. The summed E-state index contributed by atoms with van der Waals surface area (Å²) in [7, 11) is 0. The Morgan fingerprint density at radius 3 is 2.77 bits per heavy atom. The maximum Gasteiger partial charge on any atom is 0.246 e. The lowest BCUT2D eigenvalue weighted by molar-refractivity contribution is -0.127. The Balaban J connectivity index is 1.41. The van der Waals surface area contributed by atoms with E-state index in [0.717, 1.165) is 44.5 Å². The molecular formula is C21H29N3O2. The number of carbonyl (C=O) groups excluding carboxylic acids is 2. The first-order valence-electron chi connectivity index (χ1n) is 9.65. The lowest BCUT2D eigenvalue weighted by Crippen LogP contribution is -2.40. The molecule has 140 valence electrons. The van der Waals surface area contributed by atoms with E-state index in [9.17, 15) is 9.59 Å². The van der Waals surface area contributed by atoms with Crippen LogP contribution >= 0.6 is 0 Å². The van der Waals surface area contributed by atoms with Crippen LogP contribution in [0.15, 0.2) is 36.5 Å². The van der Waals surface area contributed by atoms with E-state index in [-0.39, 0.29) is 23.1 Å². The predicted octanol–water partition coefficient (Wildman–Crippen LogP) is 2.58. The van der Waals surface area contributed by atoms with E-state index in [1.165, 1.54) is 0 Å². The summed E-state index contributed by atoms with van der Waals surface area (Å²) in [5, 5.41) is 3.06. The van der Waals surface area contributed by atoms with Crippen LogP contribution in [0.2, 0.25) is 0 Å². The molecule has 0 bridgehead atoms. The van der Waals surface area contributed by atoms with Crippen LogP contribution in [0.1, 0.15) is 38.8 Å². The van der Waals surface area contributed by atoms with Gasteiger partial charge in [0.05, 0.1) is 0 Å². The number of allylic oxidation sites excluding steroid dienone is 1. The van der Waals surface area contributed by atoms with Crippen LogP contribution in [0, 0.1) is 17.3 Å². The highest BCUT2D eigenvalue weighted by Gasteiger charge is 2.58. The van der Waals surface area contributed by atoms with E-state index < -0.39 is 0 Å². The monoisotopic (exact) mass is 355 g/mol. The number of nitrogens with zero attached hydrogens (tertiary/aromatic N) is 2. The van der Waals surface area contributed by atoms with Gasteiger partial charge in [-0.15, -0.1) is 0 Å². The molecule has 1 N–H and O–H groups in total. The average Bonchev–Trinajstić information content (AvgIpc) is 3.34. The minimum atomic E-state index is 0.102. The second-order valence-electron chi connectivity index (χ2n) is 7.91. The molecule has 3 rings (SSSR count). The smallest absolute Gasteiger partial charge is 0.246 e. The normalized spacial score (nSPS) is 21.3. The van der Waals surface area contributed by atoms with E-state index in [4.69, 9.17) is 0 Å². The van der Waals surface area contributed by atoms with Crippen LogP contribution in [-0.2, 0) is 16.0 Å². The number of amides is 2. The molecule has 2 fully saturated rings. The average molecular weight is 355 g/mol. The number of likely N-dealkylation sites (tertiary alicyclic amines) is 1. The molecule has 1 unspecified atom stereocenters. The van der Waals surface area contributed by atoms with Crippen LogP contribution in [0.3, 0.4) is 0 Å². The van der Waals surface area contributed by atoms with Crippen LogP contribution in [-0.4, -0.2) is 41.3 Å². The van der Waals surface area contributed by atoms with Gasteiger partial charge >= 0.3 is 0 Å². The molecule has 2 amide bonds. The first-order chi connectivity index (χ1) is 12.5. The quantitative estimate of drug-likeness (QED) is 0.798. The fourth-order valence-corrected chi connectivity index (χ4v) is 3.81. The van der Waals surface area contributed by atoms with Crippen molar-refractivity contribution in [3.8, 4) is 0 Å². The number of nitrogens with one attached hydrogen (secondary N) is 1. The molecule has 0 radical (unpaired) electrons. The Morgan fingerprint density at radius 1 is 1.35 bits per heavy atom. The first kappa shape index (κ1) is 18.6. The van der Waals surface area contributed by atoms with Crippen molar-refractivity contribution in [2.75, 3.05) is 19.6 Å². The van der Waals surface area contributed by atoms with Crippen LogP contribution < -0.4 is 5.32 Å². The van der Waals surface area contributed by atoms with Crippen molar-refractivity contribution in [2.45, 2.75) is 39.5 Å². The number of carbonyl (C=O) groups is 2. The van der Waals surface area contributed by atoms with Crippen molar-refractivity contribution in [3.63, 3.8) is 0 Å². The SMILES string of the molecule is CC(C)/C=C/C(=O)N1CCC2(CC1)CC2C(=O)NCCc1ccccn1. The number of hydrogen-bond donors (Lipinski definition) is 1. The van der Waals surface area contributed by atoms with Gasteiger partial charge in [0.15, 0.2) is 0 Å². The van der Waals surface area contributed by atoms with Crippen LogP contribution in [0.5, 0.6) is 0 Å². The van der Waals surface area contributed by atoms with Gasteiger partial charge in [0.2, 0.25) is 11.8 Å². The third-order valence-electron chi connectivity index (χ3n) is 5.61. The fourth-order valence-electron chi connectivity index (χ4n) is 3.81. The van der Waals surface area contributed by atoms with Gasteiger partial charge in [-0.05, 0) is 48.8 Å². The molecule has 1 atom stereocenters. The van der Waals surface area contributed by atoms with E-state index in [0.29, 0.717) is 12.5 Å². The summed E-state index contributed by atoms with van der Waals surface area (Å²) in [6.45, 7) is 6.29. The predicted molar refractivity (Wildman–Crippen MR) is 101 cm³/mol. The van der Waals surface area contributed by atoms with Gasteiger partial charge in [0, 0.05) is 43.9 Å². The molecule has 5 heteroatoms. The Labute approximate surface area is 155 Å². The van der Waals surface area contributed by atoms with Gasteiger partial charge in [-0.2, -0.15) is 0 Å². The number of hydrogen-bond acceptors (Lipinski definition) is 3. The lowest BCUT2D eigenvalue weighted by Gasteiger charge is -2.32. The van der Waals surface area contributed by atoms with Crippen molar-refractivity contribution in [1.82, 2.24) is 15.2 Å². The lowest BCUT2D eigenvalue weighted by atomic mass is 9.90. The third-order valence-corrected chi connectivity index (χ3v) is 5.61. The number of piperidine rings is 1. The fraction of sp³-hybridized carbons (Fsp3) is 0.571. The molecule has 26 heavy (non-hydrogen) atoms. The Kier molecular flexibility index (Phi) is 5.74. The molecule has 1 aromatic heterocycles. The Morgan fingerprint density at radius 2 is 2.12 bits per heavy atom. The molecular weight excluding hydrogens is 326 g/mol. The van der Waals surface area contributed by atoms with Gasteiger partial charge in [-0.3, -0.25) is 14.6 Å². The van der Waals surface area contributed by atoms with Crippen molar-refractivity contribution in [2.24, 2.45) is 17.3 Å². The maximum atomic E-state index is 12.4. The summed E-state index contributed by atoms with van der Waals surface area (Å²) in [6, 6.07) is 5.84. The van der Waals surface area contributed by atoms with Gasteiger partial charge < -0.3 is 10.2 Å². The van der Waals surface area contributed by atoms with Crippen molar-refractivity contribution in [3.05, 3.63) is 42.2 Å². The molecule has 1 saturated carbocycles. The highest BCUT2D eigenvalue weighted by molar-refractivity contribution is 5.88. The van der Waals surface area contributed by atoms with Crippen LogP contribution in [0.25, 0.3) is 0 Å². The van der Waals surface area contributed by atoms with E-state index in [2.05, 4.69) is 24.1 Å². The Bertz CT molecular complexity index is 661. The molecule has 1 saturated heterocycles. The standard InChI is InChI=1S/C21H29N3O2/c1-16(2)6-7-19(25)24-13-9-21(10-14-24)15-18(21)20(26)23-12-8-17-5-3-4-11-22-17/h3-7,11,16,18H,8-10,12-15H2,1-2H3,(H,23,26)/b7-6+. The summed E-state index contributed by atoms with van der Waals surface area (Å²) in [5.41, 5.74) is 1.13. The van der Waals surface area contributed by atoms with E-state index >= 15 is 0 Å².